The molecular formula is C27H27ClN4O3. The van der Waals surface area contributed by atoms with Crippen molar-refractivity contribution in [3.63, 3.8) is 0 Å². The quantitative estimate of drug-likeness (QED) is 0.359. The molecule has 0 bridgehead atoms. The fourth-order valence-electron chi connectivity index (χ4n) is 4.34. The molecule has 0 spiro atoms. The van der Waals surface area contributed by atoms with Crippen molar-refractivity contribution in [2.75, 3.05) is 37.7 Å². The highest BCUT2D eigenvalue weighted by Crippen LogP contribution is 2.30. The van der Waals surface area contributed by atoms with E-state index in [2.05, 4.69) is 11.0 Å². The predicted octanol–water partition coefficient (Wildman–Crippen LogP) is 5.46. The number of para-hydroxylation sites is 2. The molecule has 35 heavy (non-hydrogen) atoms. The number of carbonyl (C=O) groups excluding carboxylic acids is 1. The van der Waals surface area contributed by atoms with E-state index in [9.17, 15) is 4.79 Å². The van der Waals surface area contributed by atoms with Gasteiger partial charge in [-0.2, -0.15) is 5.10 Å². The van der Waals surface area contributed by atoms with E-state index < -0.39 is 0 Å². The number of piperazine rings is 1. The molecule has 1 fully saturated rings. The van der Waals surface area contributed by atoms with Crippen LogP contribution in [0.1, 0.15) is 23.2 Å². The fourth-order valence-corrected chi connectivity index (χ4v) is 4.52. The first-order valence-corrected chi connectivity index (χ1v) is 12.1. The third kappa shape index (κ3) is 4.77. The van der Waals surface area contributed by atoms with E-state index in [-0.39, 0.29) is 5.91 Å². The first-order chi connectivity index (χ1) is 17.0. The summed E-state index contributed by atoms with van der Waals surface area (Å²) in [6.45, 7) is 7.09. The topological polar surface area (TPSA) is 63.7 Å². The van der Waals surface area contributed by atoms with E-state index in [0.29, 0.717) is 55.0 Å². The number of furan rings is 1. The summed E-state index contributed by atoms with van der Waals surface area (Å²) in [5, 5.41) is 5.28. The molecule has 0 atom stereocenters. The molecule has 0 saturated carbocycles. The van der Waals surface area contributed by atoms with E-state index in [0.717, 1.165) is 22.9 Å². The van der Waals surface area contributed by atoms with Crippen LogP contribution in [0.5, 0.6) is 5.75 Å². The maximum atomic E-state index is 13.7. The van der Waals surface area contributed by atoms with Gasteiger partial charge in [-0.3, -0.25) is 4.79 Å². The van der Waals surface area contributed by atoms with Crippen molar-refractivity contribution in [2.24, 2.45) is 0 Å². The van der Waals surface area contributed by atoms with Crippen LogP contribution in [-0.4, -0.2) is 53.4 Å². The Labute approximate surface area is 209 Å². The first kappa shape index (κ1) is 23.1. The van der Waals surface area contributed by atoms with Crippen molar-refractivity contribution < 1.29 is 13.9 Å². The number of hydrogen-bond donors (Lipinski definition) is 0. The first-order valence-electron chi connectivity index (χ1n) is 11.7. The second-order valence-corrected chi connectivity index (χ2v) is 8.83. The maximum Gasteiger partial charge on any atom is 0.272 e. The van der Waals surface area contributed by atoms with Gasteiger partial charge in [0.2, 0.25) is 0 Å². The van der Waals surface area contributed by atoms with Crippen LogP contribution in [-0.2, 0) is 0 Å². The average Bonchev–Trinajstić information content (AvgIpc) is 3.51. The minimum absolute atomic E-state index is 0.0789. The molecule has 7 nitrogen and oxygen atoms in total. The number of hydrogen-bond acceptors (Lipinski definition) is 5. The summed E-state index contributed by atoms with van der Waals surface area (Å²) in [7, 11) is 0. The van der Waals surface area contributed by atoms with E-state index in [1.54, 1.807) is 22.9 Å². The number of benzene rings is 2. The molecule has 1 aliphatic heterocycles. The zero-order chi connectivity index (χ0) is 24.4. The Morgan fingerprint density at radius 2 is 1.83 bits per heavy atom. The van der Waals surface area contributed by atoms with Gasteiger partial charge in [0.05, 0.1) is 18.0 Å². The molecule has 3 heterocycles. The molecule has 180 valence electrons. The molecule has 8 heteroatoms. The molecule has 4 aromatic rings. The van der Waals surface area contributed by atoms with Crippen molar-refractivity contribution in [3.8, 4) is 22.9 Å². The number of rotatable bonds is 6. The van der Waals surface area contributed by atoms with E-state index in [1.807, 2.05) is 61.2 Å². The van der Waals surface area contributed by atoms with E-state index >= 15 is 0 Å². The van der Waals surface area contributed by atoms with Crippen LogP contribution >= 0.6 is 11.6 Å². The van der Waals surface area contributed by atoms with E-state index in [4.69, 9.17) is 25.9 Å². The lowest BCUT2D eigenvalue weighted by Crippen LogP contribution is -2.49. The standard InChI is InChI=1S/C27H27ClN4O3/c1-3-34-26-10-5-4-9-23(26)30-13-15-31(16-14-30)27(33)24-18-22(25-12-11-19(2)35-25)29-32(24)21-8-6-7-20(28)17-21/h4-12,17-18H,3,13-16H2,1-2H3. The van der Waals surface area contributed by atoms with Gasteiger partial charge in [-0.15, -0.1) is 0 Å². The lowest BCUT2D eigenvalue weighted by molar-refractivity contribution is 0.0737. The summed E-state index contributed by atoms with van der Waals surface area (Å²) in [5.74, 6) is 2.19. The molecule has 0 N–H and O–H groups in total. The zero-order valence-electron chi connectivity index (χ0n) is 19.8. The Bertz CT molecular complexity index is 1340. The second kappa shape index (κ2) is 9.88. The Kier molecular flexibility index (Phi) is 6.51. The normalized spacial score (nSPS) is 13.8. The number of amides is 1. The lowest BCUT2D eigenvalue weighted by atomic mass is 10.2. The molecule has 0 aliphatic carbocycles. The number of halogens is 1. The fraction of sp³-hybridized carbons (Fsp3) is 0.259. The largest absolute Gasteiger partial charge is 0.492 e. The number of aromatic nitrogens is 2. The van der Waals surface area contributed by atoms with Crippen LogP contribution in [0.3, 0.4) is 0 Å². The molecule has 1 amide bonds. The SMILES string of the molecule is CCOc1ccccc1N1CCN(C(=O)c2cc(-c3ccc(C)o3)nn2-c2cccc(Cl)c2)CC1. The minimum Gasteiger partial charge on any atom is -0.492 e. The van der Waals surface area contributed by atoms with Crippen LogP contribution < -0.4 is 9.64 Å². The summed E-state index contributed by atoms with van der Waals surface area (Å²) in [4.78, 5) is 17.8. The van der Waals surface area contributed by atoms with Gasteiger partial charge in [-0.1, -0.05) is 29.8 Å². The van der Waals surface area contributed by atoms with Crippen LogP contribution in [0.2, 0.25) is 5.02 Å². The van der Waals surface area contributed by atoms with Crippen molar-refractivity contribution >= 4 is 23.2 Å². The average molecular weight is 491 g/mol. The van der Waals surface area contributed by atoms with Crippen molar-refractivity contribution in [1.82, 2.24) is 14.7 Å². The highest BCUT2D eigenvalue weighted by atomic mass is 35.5. The molecule has 1 saturated heterocycles. The van der Waals surface area contributed by atoms with Gasteiger partial charge in [0.1, 0.15) is 22.9 Å². The summed E-state index contributed by atoms with van der Waals surface area (Å²) in [5.41, 5.74) is 2.85. The summed E-state index contributed by atoms with van der Waals surface area (Å²) >= 11 is 6.24. The number of ether oxygens (including phenoxy) is 1. The molecule has 2 aromatic carbocycles. The van der Waals surface area contributed by atoms with Gasteiger partial charge in [0.15, 0.2) is 5.76 Å². The van der Waals surface area contributed by atoms with Gasteiger partial charge >= 0.3 is 0 Å². The summed E-state index contributed by atoms with van der Waals surface area (Å²) in [6.07, 6.45) is 0. The maximum absolute atomic E-state index is 13.7. The molecular weight excluding hydrogens is 464 g/mol. The third-order valence-corrected chi connectivity index (χ3v) is 6.28. The van der Waals surface area contributed by atoms with Crippen LogP contribution in [0, 0.1) is 6.92 Å². The Morgan fingerprint density at radius 3 is 2.54 bits per heavy atom. The van der Waals surface area contributed by atoms with Crippen LogP contribution in [0.15, 0.2) is 71.1 Å². The van der Waals surface area contributed by atoms with Gasteiger partial charge in [0.25, 0.3) is 5.91 Å². The predicted molar refractivity (Wildman–Crippen MR) is 137 cm³/mol. The van der Waals surface area contributed by atoms with Gasteiger partial charge in [-0.25, -0.2) is 4.68 Å². The monoisotopic (exact) mass is 490 g/mol. The highest BCUT2D eigenvalue weighted by Gasteiger charge is 2.27. The zero-order valence-corrected chi connectivity index (χ0v) is 20.5. The molecule has 0 radical (unpaired) electrons. The number of anilines is 1. The highest BCUT2D eigenvalue weighted by molar-refractivity contribution is 6.30. The molecule has 1 aliphatic rings. The Balaban J connectivity index is 1.41. The van der Waals surface area contributed by atoms with E-state index in [1.165, 1.54) is 0 Å². The van der Waals surface area contributed by atoms with Gasteiger partial charge in [-0.05, 0) is 56.3 Å². The Hall–Kier alpha value is -3.71. The van der Waals surface area contributed by atoms with Crippen molar-refractivity contribution in [2.45, 2.75) is 13.8 Å². The second-order valence-electron chi connectivity index (χ2n) is 8.40. The lowest BCUT2D eigenvalue weighted by Gasteiger charge is -2.36. The number of carbonyl (C=O) groups is 1. The summed E-state index contributed by atoms with van der Waals surface area (Å²) < 4.78 is 13.2. The number of nitrogens with zero attached hydrogens (tertiary/aromatic N) is 4. The van der Waals surface area contributed by atoms with Crippen molar-refractivity contribution in [1.29, 1.82) is 0 Å². The third-order valence-electron chi connectivity index (χ3n) is 6.05. The molecule has 0 unspecified atom stereocenters. The van der Waals surface area contributed by atoms with Gasteiger partial charge < -0.3 is 19.0 Å². The van der Waals surface area contributed by atoms with Crippen molar-refractivity contribution in [3.05, 3.63) is 83.2 Å². The van der Waals surface area contributed by atoms with Crippen LogP contribution in [0.25, 0.3) is 17.1 Å². The van der Waals surface area contributed by atoms with Gasteiger partial charge in [0, 0.05) is 37.3 Å². The summed E-state index contributed by atoms with van der Waals surface area (Å²) in [6, 6.07) is 20.9. The Morgan fingerprint density at radius 1 is 1.03 bits per heavy atom. The smallest absolute Gasteiger partial charge is 0.272 e. The molecule has 2 aromatic heterocycles. The number of aryl methyl sites for hydroxylation is 1. The van der Waals surface area contributed by atoms with Crippen LogP contribution in [0.4, 0.5) is 5.69 Å². The molecule has 5 rings (SSSR count). The minimum atomic E-state index is -0.0789.